The molecule has 166 valence electrons. The number of fused-ring (bicyclic) bond motifs is 1. The van der Waals surface area contributed by atoms with Crippen LogP contribution in [0, 0.1) is 0 Å². The summed E-state index contributed by atoms with van der Waals surface area (Å²) in [5.41, 5.74) is 5.61. The lowest BCUT2D eigenvalue weighted by molar-refractivity contribution is -0.130. The predicted molar refractivity (Wildman–Crippen MR) is 125 cm³/mol. The third-order valence-electron chi connectivity index (χ3n) is 5.57. The van der Waals surface area contributed by atoms with Crippen molar-refractivity contribution in [3.63, 3.8) is 0 Å². The van der Waals surface area contributed by atoms with Crippen molar-refractivity contribution in [3.8, 4) is 17.0 Å². The fraction of sp³-hybridized carbons (Fsp3) is 0.480. The van der Waals surface area contributed by atoms with E-state index in [1.165, 1.54) is 0 Å². The third-order valence-corrected chi connectivity index (χ3v) is 5.57. The Hall–Kier alpha value is -2.89. The molecule has 6 heteroatoms. The third kappa shape index (κ3) is 4.89. The number of aryl methyl sites for hydroxylation is 2. The Labute approximate surface area is 185 Å². The van der Waals surface area contributed by atoms with Crippen LogP contribution in [0.3, 0.4) is 0 Å². The van der Waals surface area contributed by atoms with Gasteiger partial charge in [0.1, 0.15) is 5.75 Å². The van der Waals surface area contributed by atoms with Gasteiger partial charge in [0.2, 0.25) is 5.91 Å². The van der Waals surface area contributed by atoms with E-state index in [4.69, 9.17) is 14.8 Å². The van der Waals surface area contributed by atoms with E-state index in [-0.39, 0.29) is 5.91 Å². The Bertz CT molecular complexity index is 1020. The van der Waals surface area contributed by atoms with Crippen molar-refractivity contribution in [2.45, 2.75) is 59.8 Å². The number of rotatable bonds is 10. The minimum absolute atomic E-state index is 0.134. The number of hydrogen-bond acceptors (Lipinski definition) is 4. The maximum atomic E-state index is 13.3. The topological polar surface area (TPSA) is 59.7 Å². The van der Waals surface area contributed by atoms with Crippen molar-refractivity contribution in [2.75, 3.05) is 20.2 Å². The summed E-state index contributed by atoms with van der Waals surface area (Å²) < 4.78 is 7.23. The van der Waals surface area contributed by atoms with Gasteiger partial charge in [-0.3, -0.25) is 4.79 Å². The van der Waals surface area contributed by atoms with Gasteiger partial charge in [-0.1, -0.05) is 27.7 Å². The van der Waals surface area contributed by atoms with Gasteiger partial charge in [0.15, 0.2) is 5.65 Å². The molecule has 3 rings (SSSR count). The molecule has 0 saturated carbocycles. The van der Waals surface area contributed by atoms with Gasteiger partial charge in [-0.2, -0.15) is 5.10 Å². The zero-order valence-electron chi connectivity index (χ0n) is 19.4. The molecule has 1 amide bonds. The summed E-state index contributed by atoms with van der Waals surface area (Å²) in [4.78, 5) is 20.1. The van der Waals surface area contributed by atoms with E-state index in [1.807, 2.05) is 33.7 Å². The van der Waals surface area contributed by atoms with E-state index >= 15 is 0 Å². The van der Waals surface area contributed by atoms with Crippen molar-refractivity contribution in [3.05, 3.63) is 47.3 Å². The monoisotopic (exact) mass is 422 g/mol. The van der Waals surface area contributed by atoms with Crippen molar-refractivity contribution in [1.82, 2.24) is 19.5 Å². The molecule has 0 atom stereocenters. The van der Waals surface area contributed by atoms with E-state index in [0.29, 0.717) is 6.42 Å². The molecule has 2 heterocycles. The van der Waals surface area contributed by atoms with Gasteiger partial charge in [0, 0.05) is 35.6 Å². The van der Waals surface area contributed by atoms with Gasteiger partial charge in [-0.25, -0.2) is 9.50 Å². The molecule has 1 aromatic carbocycles. The summed E-state index contributed by atoms with van der Waals surface area (Å²) in [6.07, 6.45) is 3.89. The number of ether oxygens (including phenoxy) is 1. The first kappa shape index (κ1) is 22.8. The number of carbonyl (C=O) groups is 1. The highest BCUT2D eigenvalue weighted by atomic mass is 16.5. The number of hydrogen-bond donors (Lipinski definition) is 0. The van der Waals surface area contributed by atoms with E-state index < -0.39 is 0 Å². The van der Waals surface area contributed by atoms with Gasteiger partial charge in [0.05, 0.1) is 19.2 Å². The fourth-order valence-corrected chi connectivity index (χ4v) is 3.92. The molecule has 0 spiro atoms. The number of amides is 1. The quantitative estimate of drug-likeness (QED) is 0.474. The molecule has 0 N–H and O–H groups in total. The molecule has 2 aromatic heterocycles. The van der Waals surface area contributed by atoms with Crippen molar-refractivity contribution >= 4 is 11.6 Å². The largest absolute Gasteiger partial charge is 0.497 e. The SMILES string of the molecule is CCCN(CCC)C(=O)Cc1c(-c2ccc(OC)cc2)nn2c(CC)cc(CC)nc12. The smallest absolute Gasteiger partial charge is 0.227 e. The number of methoxy groups -OCH3 is 1. The lowest BCUT2D eigenvalue weighted by Gasteiger charge is -2.21. The molecule has 0 aliphatic carbocycles. The molecule has 0 fully saturated rings. The molecule has 6 nitrogen and oxygen atoms in total. The summed E-state index contributed by atoms with van der Waals surface area (Å²) >= 11 is 0. The number of nitrogens with zero attached hydrogens (tertiary/aromatic N) is 4. The van der Waals surface area contributed by atoms with Crippen LogP contribution in [0.25, 0.3) is 16.9 Å². The molecule has 3 aromatic rings. The molecule has 0 radical (unpaired) electrons. The van der Waals surface area contributed by atoms with Gasteiger partial charge in [-0.05, 0) is 56.0 Å². The fourth-order valence-electron chi connectivity index (χ4n) is 3.92. The van der Waals surface area contributed by atoms with Crippen LogP contribution in [0.1, 0.15) is 57.5 Å². The highest BCUT2D eigenvalue weighted by molar-refractivity contribution is 5.84. The molecule has 0 unspecified atom stereocenters. The molecule has 0 aliphatic rings. The second kappa shape index (κ2) is 10.4. The summed E-state index contributed by atoms with van der Waals surface area (Å²) in [7, 11) is 1.66. The summed E-state index contributed by atoms with van der Waals surface area (Å²) in [5, 5.41) is 4.93. The van der Waals surface area contributed by atoms with E-state index in [9.17, 15) is 4.79 Å². The first-order valence-corrected chi connectivity index (χ1v) is 11.4. The van der Waals surface area contributed by atoms with Crippen LogP contribution in [0.15, 0.2) is 30.3 Å². The maximum Gasteiger partial charge on any atom is 0.227 e. The van der Waals surface area contributed by atoms with Crippen molar-refractivity contribution in [2.24, 2.45) is 0 Å². The minimum atomic E-state index is 0.134. The highest BCUT2D eigenvalue weighted by Crippen LogP contribution is 2.29. The molecular formula is C25H34N4O2. The van der Waals surface area contributed by atoms with Crippen LogP contribution < -0.4 is 4.74 Å². The lowest BCUT2D eigenvalue weighted by atomic mass is 10.0. The summed E-state index contributed by atoms with van der Waals surface area (Å²) in [6, 6.07) is 9.96. The van der Waals surface area contributed by atoms with Gasteiger partial charge >= 0.3 is 0 Å². The molecule has 0 aliphatic heterocycles. The maximum absolute atomic E-state index is 13.3. The highest BCUT2D eigenvalue weighted by Gasteiger charge is 2.23. The van der Waals surface area contributed by atoms with Crippen LogP contribution in [-0.2, 0) is 24.1 Å². The molecule has 0 saturated heterocycles. The normalized spacial score (nSPS) is 11.1. The minimum Gasteiger partial charge on any atom is -0.497 e. The van der Waals surface area contributed by atoms with E-state index in [1.54, 1.807) is 7.11 Å². The van der Waals surface area contributed by atoms with E-state index in [0.717, 1.165) is 78.4 Å². The Balaban J connectivity index is 2.15. The van der Waals surface area contributed by atoms with Crippen LogP contribution in [0.5, 0.6) is 5.75 Å². The number of carbonyl (C=O) groups excluding carboxylic acids is 1. The first-order chi connectivity index (χ1) is 15.1. The zero-order chi connectivity index (χ0) is 22.4. The second-order valence-electron chi connectivity index (χ2n) is 7.79. The van der Waals surface area contributed by atoms with Crippen LogP contribution in [-0.4, -0.2) is 45.6 Å². The molecule has 31 heavy (non-hydrogen) atoms. The Morgan fingerprint density at radius 3 is 2.26 bits per heavy atom. The Morgan fingerprint density at radius 1 is 1.03 bits per heavy atom. The van der Waals surface area contributed by atoms with E-state index in [2.05, 4.69) is 33.8 Å². The van der Waals surface area contributed by atoms with Crippen molar-refractivity contribution < 1.29 is 9.53 Å². The summed E-state index contributed by atoms with van der Waals surface area (Å²) in [6.45, 7) is 9.99. The number of benzene rings is 1. The zero-order valence-corrected chi connectivity index (χ0v) is 19.4. The van der Waals surface area contributed by atoms with Crippen molar-refractivity contribution in [1.29, 1.82) is 0 Å². The average molecular weight is 423 g/mol. The lowest BCUT2D eigenvalue weighted by Crippen LogP contribution is -2.33. The van der Waals surface area contributed by atoms with Gasteiger partial charge < -0.3 is 9.64 Å². The van der Waals surface area contributed by atoms with Crippen LogP contribution >= 0.6 is 0 Å². The Kier molecular flexibility index (Phi) is 7.66. The summed E-state index contributed by atoms with van der Waals surface area (Å²) in [5.74, 6) is 0.929. The predicted octanol–water partition coefficient (Wildman–Crippen LogP) is 4.72. The standard InChI is InChI=1S/C25H34N4O2/c1-6-14-28(15-7-2)23(30)17-22-24(18-10-12-21(31-5)13-11-18)27-29-20(9-4)16-19(8-3)26-25(22)29/h10-13,16H,6-9,14-15,17H2,1-5H3. The van der Waals surface area contributed by atoms with Gasteiger partial charge in [-0.15, -0.1) is 0 Å². The van der Waals surface area contributed by atoms with Crippen LogP contribution in [0.4, 0.5) is 0 Å². The first-order valence-electron chi connectivity index (χ1n) is 11.4. The molecular weight excluding hydrogens is 388 g/mol. The van der Waals surface area contributed by atoms with Gasteiger partial charge in [0.25, 0.3) is 0 Å². The Morgan fingerprint density at radius 2 is 1.71 bits per heavy atom. The second-order valence-corrected chi connectivity index (χ2v) is 7.79. The van der Waals surface area contributed by atoms with Crippen LogP contribution in [0.2, 0.25) is 0 Å². The molecule has 0 bridgehead atoms. The average Bonchev–Trinajstić information content (AvgIpc) is 3.16. The number of aromatic nitrogens is 3.